The Morgan fingerprint density at radius 3 is 2.53 bits per heavy atom. The molecule has 0 N–H and O–H groups in total. The van der Waals surface area contributed by atoms with Gasteiger partial charge in [-0.2, -0.15) is 4.39 Å². The van der Waals surface area contributed by atoms with Crippen LogP contribution in [0.5, 0.6) is 5.75 Å². The van der Waals surface area contributed by atoms with E-state index in [1.54, 1.807) is 24.3 Å². The molecular weight excluding hydrogens is 394 g/mol. The molecule has 3 aromatic carbocycles. The predicted octanol–water partition coefficient (Wildman–Crippen LogP) is 6.14. The maximum Gasteiger partial charge on any atom is 0.271 e. The molecule has 30 heavy (non-hydrogen) atoms. The van der Waals surface area contributed by atoms with Crippen LogP contribution >= 0.6 is 0 Å². The van der Waals surface area contributed by atoms with E-state index in [2.05, 4.69) is 4.98 Å². The Morgan fingerprint density at radius 1 is 1.03 bits per heavy atom. The van der Waals surface area contributed by atoms with Crippen molar-refractivity contribution in [2.75, 3.05) is 6.61 Å². The fraction of sp³-hybridized carbons (Fsp3) is 0.136. The molecule has 1 aromatic heterocycles. The SMILES string of the molecule is CCCOc1ccc(-c2ccccc2-c2nc3cc([N+](=O)[O-])ccc3o2)c(F)c1F. The lowest BCUT2D eigenvalue weighted by molar-refractivity contribution is -0.384. The number of halogens is 2. The summed E-state index contributed by atoms with van der Waals surface area (Å²) in [6, 6.07) is 13.6. The van der Waals surface area contributed by atoms with Crippen LogP contribution in [0.15, 0.2) is 59.0 Å². The summed E-state index contributed by atoms with van der Waals surface area (Å²) >= 11 is 0. The summed E-state index contributed by atoms with van der Waals surface area (Å²) in [5.41, 5.74) is 1.35. The summed E-state index contributed by atoms with van der Waals surface area (Å²) in [6.45, 7) is 2.15. The van der Waals surface area contributed by atoms with Crippen LogP contribution in [0.3, 0.4) is 0 Å². The summed E-state index contributed by atoms with van der Waals surface area (Å²) in [6.07, 6.45) is 0.668. The summed E-state index contributed by atoms with van der Waals surface area (Å²) in [5.74, 6) is -2.11. The number of ether oxygens (including phenoxy) is 1. The molecule has 152 valence electrons. The van der Waals surface area contributed by atoms with Gasteiger partial charge in [-0.15, -0.1) is 0 Å². The smallest absolute Gasteiger partial charge is 0.271 e. The Labute approximate surface area is 169 Å². The molecule has 0 unspecified atom stereocenters. The quantitative estimate of drug-likeness (QED) is 0.282. The lowest BCUT2D eigenvalue weighted by Crippen LogP contribution is -2.00. The highest BCUT2D eigenvalue weighted by molar-refractivity contribution is 5.84. The van der Waals surface area contributed by atoms with Crippen molar-refractivity contribution >= 4 is 16.8 Å². The lowest BCUT2D eigenvalue weighted by Gasteiger charge is -2.11. The zero-order valence-corrected chi connectivity index (χ0v) is 15.9. The summed E-state index contributed by atoms with van der Waals surface area (Å²) in [5, 5.41) is 11.0. The number of nitro benzene ring substituents is 1. The number of aromatic nitrogens is 1. The highest BCUT2D eigenvalue weighted by Crippen LogP contribution is 2.37. The van der Waals surface area contributed by atoms with Crippen molar-refractivity contribution < 1.29 is 22.9 Å². The minimum Gasteiger partial charge on any atom is -0.490 e. The van der Waals surface area contributed by atoms with E-state index in [1.807, 2.05) is 6.92 Å². The van der Waals surface area contributed by atoms with Crippen molar-refractivity contribution in [1.29, 1.82) is 0 Å². The van der Waals surface area contributed by atoms with Gasteiger partial charge in [-0.1, -0.05) is 25.1 Å². The predicted molar refractivity (Wildman–Crippen MR) is 107 cm³/mol. The summed E-state index contributed by atoms with van der Waals surface area (Å²) in [4.78, 5) is 14.8. The van der Waals surface area contributed by atoms with Gasteiger partial charge in [0.1, 0.15) is 5.52 Å². The molecule has 0 aliphatic carbocycles. The molecule has 0 saturated heterocycles. The van der Waals surface area contributed by atoms with Gasteiger partial charge >= 0.3 is 0 Å². The van der Waals surface area contributed by atoms with Gasteiger partial charge in [-0.25, -0.2) is 9.37 Å². The molecule has 0 spiro atoms. The van der Waals surface area contributed by atoms with Crippen LogP contribution in [0, 0.1) is 21.7 Å². The Bertz CT molecular complexity index is 1250. The minimum absolute atomic E-state index is 0.0279. The Morgan fingerprint density at radius 2 is 1.80 bits per heavy atom. The Balaban J connectivity index is 1.81. The molecule has 4 rings (SSSR count). The number of nitrogens with zero attached hydrogens (tertiary/aromatic N) is 2. The molecule has 0 atom stereocenters. The van der Waals surface area contributed by atoms with Gasteiger partial charge in [0.15, 0.2) is 17.1 Å². The second-order valence-electron chi connectivity index (χ2n) is 6.56. The number of benzene rings is 3. The zero-order valence-electron chi connectivity index (χ0n) is 15.9. The number of non-ortho nitro benzene ring substituents is 1. The molecule has 0 aliphatic heterocycles. The third-order valence-electron chi connectivity index (χ3n) is 4.54. The number of hydrogen-bond acceptors (Lipinski definition) is 5. The van der Waals surface area contributed by atoms with E-state index in [1.165, 1.54) is 30.3 Å². The normalized spacial score (nSPS) is 11.0. The number of fused-ring (bicyclic) bond motifs is 1. The van der Waals surface area contributed by atoms with Crippen LogP contribution in [0.1, 0.15) is 13.3 Å². The van der Waals surface area contributed by atoms with Gasteiger partial charge < -0.3 is 9.15 Å². The maximum absolute atomic E-state index is 14.8. The van der Waals surface area contributed by atoms with Crippen molar-refractivity contribution in [1.82, 2.24) is 4.98 Å². The van der Waals surface area contributed by atoms with E-state index in [0.29, 0.717) is 28.6 Å². The average molecular weight is 410 g/mol. The van der Waals surface area contributed by atoms with E-state index in [4.69, 9.17) is 9.15 Å². The van der Waals surface area contributed by atoms with Crippen LogP contribution in [0.25, 0.3) is 33.7 Å². The molecule has 1 heterocycles. The fourth-order valence-electron chi connectivity index (χ4n) is 3.11. The van der Waals surface area contributed by atoms with Crippen molar-refractivity contribution in [3.05, 3.63) is 76.3 Å². The maximum atomic E-state index is 14.8. The molecule has 0 saturated carbocycles. The molecule has 0 fully saturated rings. The molecule has 8 heteroatoms. The van der Waals surface area contributed by atoms with Gasteiger partial charge in [0, 0.05) is 23.3 Å². The first-order chi connectivity index (χ1) is 14.5. The second-order valence-corrected chi connectivity index (χ2v) is 6.56. The van der Waals surface area contributed by atoms with E-state index >= 15 is 0 Å². The van der Waals surface area contributed by atoms with Crippen molar-refractivity contribution in [3.63, 3.8) is 0 Å². The first kappa shape index (κ1) is 19.5. The standard InChI is InChI=1S/C22H16F2N2O4/c1-2-11-29-19-10-8-15(20(23)21(19)24)14-5-3-4-6-16(14)22-25-17-12-13(26(27)28)7-9-18(17)30-22/h3-10,12H,2,11H2,1H3. The van der Waals surface area contributed by atoms with E-state index < -0.39 is 16.6 Å². The lowest BCUT2D eigenvalue weighted by atomic mass is 9.98. The molecule has 0 amide bonds. The van der Waals surface area contributed by atoms with Crippen LogP contribution in [-0.2, 0) is 0 Å². The summed E-state index contributed by atoms with van der Waals surface area (Å²) < 4.78 is 40.3. The molecule has 0 radical (unpaired) electrons. The van der Waals surface area contributed by atoms with Gasteiger partial charge in [0.2, 0.25) is 11.7 Å². The Kier molecular flexibility index (Phi) is 5.14. The van der Waals surface area contributed by atoms with E-state index in [9.17, 15) is 18.9 Å². The summed E-state index contributed by atoms with van der Waals surface area (Å²) in [7, 11) is 0. The van der Waals surface area contributed by atoms with Gasteiger partial charge in [0.05, 0.1) is 11.5 Å². The topological polar surface area (TPSA) is 78.4 Å². The minimum atomic E-state index is -1.07. The van der Waals surface area contributed by atoms with Crippen LogP contribution in [0.2, 0.25) is 0 Å². The zero-order chi connectivity index (χ0) is 21.3. The van der Waals surface area contributed by atoms with Crippen LogP contribution in [0.4, 0.5) is 14.5 Å². The Hall–Kier alpha value is -3.81. The van der Waals surface area contributed by atoms with E-state index in [-0.39, 0.29) is 29.5 Å². The molecule has 6 nitrogen and oxygen atoms in total. The fourth-order valence-corrected chi connectivity index (χ4v) is 3.11. The third-order valence-corrected chi connectivity index (χ3v) is 4.54. The third kappa shape index (κ3) is 3.47. The van der Waals surface area contributed by atoms with Crippen LogP contribution in [-0.4, -0.2) is 16.5 Å². The number of rotatable bonds is 6. The average Bonchev–Trinajstić information content (AvgIpc) is 3.18. The van der Waals surface area contributed by atoms with E-state index in [0.717, 1.165) is 0 Å². The number of oxazole rings is 1. The van der Waals surface area contributed by atoms with Crippen molar-refractivity contribution in [2.45, 2.75) is 13.3 Å². The second kappa shape index (κ2) is 7.90. The van der Waals surface area contributed by atoms with Gasteiger partial charge in [-0.05, 0) is 36.2 Å². The first-order valence-electron chi connectivity index (χ1n) is 9.25. The van der Waals surface area contributed by atoms with Crippen molar-refractivity contribution in [3.8, 4) is 28.3 Å². The molecule has 4 aromatic rings. The van der Waals surface area contributed by atoms with Crippen molar-refractivity contribution in [2.24, 2.45) is 0 Å². The van der Waals surface area contributed by atoms with Crippen LogP contribution < -0.4 is 4.74 Å². The highest BCUT2D eigenvalue weighted by Gasteiger charge is 2.21. The first-order valence-corrected chi connectivity index (χ1v) is 9.25. The largest absolute Gasteiger partial charge is 0.490 e. The highest BCUT2D eigenvalue weighted by atomic mass is 19.2. The molecule has 0 bridgehead atoms. The van der Waals surface area contributed by atoms with Gasteiger partial charge in [0.25, 0.3) is 5.69 Å². The molecule has 0 aliphatic rings. The molecular formula is C22H16F2N2O4. The number of nitro groups is 1. The monoisotopic (exact) mass is 410 g/mol. The number of hydrogen-bond donors (Lipinski definition) is 0. The van der Waals surface area contributed by atoms with Gasteiger partial charge in [-0.3, -0.25) is 10.1 Å².